The number of hydrogen-bond donors (Lipinski definition) is 0. The minimum Gasteiger partial charge on any atom is -0.207 e. The smallest absolute Gasteiger partial charge is 0.207 e. The Morgan fingerprint density at radius 1 is 0.800 bits per heavy atom. The van der Waals surface area contributed by atoms with Gasteiger partial charge in [-0.1, -0.05) is 11.6 Å². The largest absolute Gasteiger partial charge is 0.357 e. The summed E-state index contributed by atoms with van der Waals surface area (Å²) in [5.74, 6) is -0.182. The third kappa shape index (κ3) is 3.18. The molecule has 2 aromatic carbocycles. The minimum atomic E-state index is -0.222. The van der Waals surface area contributed by atoms with Gasteiger partial charge in [0.15, 0.2) is 7.14 Å². The molecule has 0 saturated carbocycles. The van der Waals surface area contributed by atoms with Crippen LogP contribution in [0.1, 0.15) is 0 Å². The van der Waals surface area contributed by atoms with Gasteiger partial charge >= 0.3 is 21.2 Å². The van der Waals surface area contributed by atoms with Crippen molar-refractivity contribution in [3.8, 4) is 0 Å². The van der Waals surface area contributed by atoms with E-state index < -0.39 is 0 Å². The number of benzene rings is 2. The van der Waals surface area contributed by atoms with Gasteiger partial charge in [0.2, 0.25) is 0 Å². The van der Waals surface area contributed by atoms with Crippen LogP contribution in [-0.4, -0.2) is 0 Å². The van der Waals surface area contributed by atoms with Crippen molar-refractivity contribution in [1.82, 2.24) is 0 Å². The van der Waals surface area contributed by atoms with E-state index in [1.54, 1.807) is 0 Å². The molecule has 0 nitrogen and oxygen atoms in total. The first kappa shape index (κ1) is 10.9. The SMILES string of the molecule is Fc1ccc([I+]c2ccc(Cl)cc2)cc1. The maximum Gasteiger partial charge on any atom is 0.357 e. The van der Waals surface area contributed by atoms with E-state index >= 15 is 0 Å². The standard InChI is InChI=1S/C12H8ClFI/c13-9-1-5-11(6-2-9)15-12-7-3-10(14)4-8-12/h1-8H/q+1. The van der Waals surface area contributed by atoms with Crippen LogP contribution in [0.3, 0.4) is 0 Å². The van der Waals surface area contributed by atoms with Gasteiger partial charge in [-0.3, -0.25) is 0 Å². The Labute approximate surface area is 103 Å². The van der Waals surface area contributed by atoms with Crippen LogP contribution >= 0.6 is 11.6 Å². The highest BCUT2D eigenvalue weighted by Gasteiger charge is 2.14. The highest BCUT2D eigenvalue weighted by molar-refractivity contribution is 6.30. The van der Waals surface area contributed by atoms with E-state index in [0.717, 1.165) is 5.02 Å². The fraction of sp³-hybridized carbons (Fsp3) is 0. The van der Waals surface area contributed by atoms with Gasteiger partial charge in [-0.25, -0.2) is 4.39 Å². The van der Waals surface area contributed by atoms with Crippen molar-refractivity contribution in [2.75, 3.05) is 0 Å². The fourth-order valence-electron chi connectivity index (χ4n) is 1.11. The summed E-state index contributed by atoms with van der Waals surface area (Å²) in [6.07, 6.45) is 0. The summed E-state index contributed by atoms with van der Waals surface area (Å²) >= 11 is 5.58. The van der Waals surface area contributed by atoms with E-state index in [-0.39, 0.29) is 27.0 Å². The molecule has 0 aromatic heterocycles. The lowest BCUT2D eigenvalue weighted by Crippen LogP contribution is -3.61. The molecule has 0 aliphatic rings. The normalized spacial score (nSPS) is 10.3. The summed E-state index contributed by atoms with van der Waals surface area (Å²) in [6, 6.07) is 14.5. The molecule has 0 saturated heterocycles. The van der Waals surface area contributed by atoms with Gasteiger partial charge in [0.25, 0.3) is 0 Å². The van der Waals surface area contributed by atoms with E-state index in [9.17, 15) is 4.39 Å². The molecule has 2 aromatic rings. The average molecular weight is 334 g/mol. The summed E-state index contributed by atoms with van der Waals surface area (Å²) in [4.78, 5) is 0. The van der Waals surface area contributed by atoms with Crippen LogP contribution in [-0.2, 0) is 0 Å². The van der Waals surface area contributed by atoms with Crippen molar-refractivity contribution in [2.45, 2.75) is 0 Å². The minimum absolute atomic E-state index is 0.182. The summed E-state index contributed by atoms with van der Waals surface area (Å²) < 4.78 is 15.2. The molecular formula is C12H8ClFI+. The van der Waals surface area contributed by atoms with Crippen LogP contribution < -0.4 is 21.2 Å². The van der Waals surface area contributed by atoms with Gasteiger partial charge in [-0.2, -0.15) is 0 Å². The molecule has 0 unspecified atom stereocenters. The van der Waals surface area contributed by atoms with Crippen molar-refractivity contribution in [3.63, 3.8) is 0 Å². The lowest BCUT2D eigenvalue weighted by atomic mass is 10.4. The third-order valence-electron chi connectivity index (χ3n) is 1.83. The van der Waals surface area contributed by atoms with Gasteiger partial charge in [0.05, 0.1) is 0 Å². The number of rotatable bonds is 2. The summed E-state index contributed by atoms with van der Waals surface area (Å²) in [6.45, 7) is 0. The third-order valence-corrected chi connectivity index (χ3v) is 4.76. The predicted molar refractivity (Wildman–Crippen MR) is 55.2 cm³/mol. The lowest BCUT2D eigenvalue weighted by Gasteiger charge is -1.88. The Morgan fingerprint density at radius 3 is 1.80 bits per heavy atom. The number of halogens is 3. The maximum atomic E-state index is 12.7. The molecule has 0 N–H and O–H groups in total. The second kappa shape index (κ2) is 4.94. The highest BCUT2D eigenvalue weighted by atomic mass is 127. The Kier molecular flexibility index (Phi) is 3.59. The Balaban J connectivity index is 2.15. The van der Waals surface area contributed by atoms with Crippen molar-refractivity contribution in [1.29, 1.82) is 0 Å². The van der Waals surface area contributed by atoms with Gasteiger partial charge < -0.3 is 0 Å². The zero-order valence-electron chi connectivity index (χ0n) is 7.75. The van der Waals surface area contributed by atoms with Crippen LogP contribution in [0.4, 0.5) is 4.39 Å². The van der Waals surface area contributed by atoms with Crippen molar-refractivity contribution >= 4 is 11.6 Å². The molecule has 0 amide bonds. The molecular weight excluding hydrogens is 325 g/mol. The van der Waals surface area contributed by atoms with E-state index in [1.807, 2.05) is 36.4 Å². The second-order valence-electron chi connectivity index (χ2n) is 2.97. The molecule has 15 heavy (non-hydrogen) atoms. The van der Waals surface area contributed by atoms with Gasteiger partial charge in [0, 0.05) is 5.02 Å². The van der Waals surface area contributed by atoms with Crippen molar-refractivity contribution < 1.29 is 25.6 Å². The highest BCUT2D eigenvalue weighted by Crippen LogP contribution is 2.04. The molecule has 0 heterocycles. The van der Waals surface area contributed by atoms with Crippen LogP contribution in [0, 0.1) is 13.0 Å². The molecule has 2 rings (SSSR count). The molecule has 3 heteroatoms. The first-order valence-electron chi connectivity index (χ1n) is 4.40. The first-order chi connectivity index (χ1) is 7.24. The zero-order valence-corrected chi connectivity index (χ0v) is 10.7. The molecule has 0 radical (unpaired) electrons. The molecule has 0 bridgehead atoms. The van der Waals surface area contributed by atoms with Crippen LogP contribution in [0.25, 0.3) is 0 Å². The Morgan fingerprint density at radius 2 is 1.27 bits per heavy atom. The molecule has 0 atom stereocenters. The van der Waals surface area contributed by atoms with E-state index in [2.05, 4.69) is 0 Å². The fourth-order valence-corrected chi connectivity index (χ4v) is 3.39. The average Bonchev–Trinajstić information content (AvgIpc) is 2.25. The lowest BCUT2D eigenvalue weighted by molar-refractivity contribution is -0.597. The molecule has 0 aliphatic carbocycles. The molecule has 0 aliphatic heterocycles. The second-order valence-corrected chi connectivity index (χ2v) is 6.43. The van der Waals surface area contributed by atoms with Crippen molar-refractivity contribution in [3.05, 3.63) is 66.5 Å². The Hall–Kier alpha value is -0.610. The van der Waals surface area contributed by atoms with E-state index in [4.69, 9.17) is 11.6 Å². The van der Waals surface area contributed by atoms with E-state index in [1.165, 1.54) is 19.3 Å². The first-order valence-corrected chi connectivity index (χ1v) is 6.93. The maximum absolute atomic E-state index is 12.7. The topological polar surface area (TPSA) is 0 Å². The summed E-state index contributed by atoms with van der Waals surface area (Å²) in [5, 5.41) is 0.752. The van der Waals surface area contributed by atoms with E-state index in [0.29, 0.717) is 0 Å². The quantitative estimate of drug-likeness (QED) is 0.707. The van der Waals surface area contributed by atoms with Crippen LogP contribution in [0.2, 0.25) is 5.02 Å². The van der Waals surface area contributed by atoms with Gasteiger partial charge in [-0.05, 0) is 48.5 Å². The molecule has 0 spiro atoms. The predicted octanol–water partition coefficient (Wildman–Crippen LogP) is 0.608. The monoisotopic (exact) mass is 333 g/mol. The van der Waals surface area contributed by atoms with Gasteiger partial charge in [-0.15, -0.1) is 0 Å². The molecule has 0 fully saturated rings. The van der Waals surface area contributed by atoms with Crippen molar-refractivity contribution in [2.24, 2.45) is 0 Å². The Bertz CT molecular complexity index is 393. The van der Waals surface area contributed by atoms with Crippen LogP contribution in [0.15, 0.2) is 48.5 Å². The molecule has 76 valence electrons. The van der Waals surface area contributed by atoms with Crippen LogP contribution in [0.5, 0.6) is 0 Å². The number of hydrogen-bond acceptors (Lipinski definition) is 0. The summed E-state index contributed by atoms with van der Waals surface area (Å²) in [7, 11) is 0. The van der Waals surface area contributed by atoms with Gasteiger partial charge in [0.1, 0.15) is 5.82 Å². The summed E-state index contributed by atoms with van der Waals surface area (Å²) in [5.41, 5.74) is 0. The zero-order chi connectivity index (χ0) is 10.7.